The highest BCUT2D eigenvalue weighted by Gasteiger charge is 2.21. The molecule has 0 unspecified atom stereocenters. The van der Waals surface area contributed by atoms with E-state index in [2.05, 4.69) is 16.5 Å². The summed E-state index contributed by atoms with van der Waals surface area (Å²) in [5, 5.41) is 0.158. The molecule has 152 valence electrons. The monoisotopic (exact) mass is 417 g/mol. The lowest BCUT2D eigenvalue weighted by Gasteiger charge is -2.33. The van der Waals surface area contributed by atoms with Crippen molar-refractivity contribution in [2.45, 2.75) is 25.7 Å². The summed E-state index contributed by atoms with van der Waals surface area (Å²) in [7, 11) is -3.62. The van der Waals surface area contributed by atoms with Crippen molar-refractivity contribution >= 4 is 27.5 Å². The first kappa shape index (κ1) is 21.9. The Kier molecular flexibility index (Phi) is 7.91. The number of rotatable bonds is 8. The molecule has 1 aromatic rings. The van der Waals surface area contributed by atoms with Crippen molar-refractivity contribution in [1.29, 1.82) is 0 Å². The van der Waals surface area contributed by atoms with Gasteiger partial charge in [0.05, 0.1) is 9.92 Å². The number of carbonyl (C=O) groups is 1. The fraction of sp³-hybridized carbons (Fsp3) is 0.611. The number of sulfonamides is 1. The third-order valence-corrected chi connectivity index (χ3v) is 6.14. The Hall–Kier alpha value is -1.35. The van der Waals surface area contributed by atoms with E-state index < -0.39 is 10.0 Å². The number of carbonyl (C=O) groups excluding carboxylic acids is 1. The molecule has 0 aromatic heterocycles. The highest BCUT2D eigenvalue weighted by molar-refractivity contribution is 7.89. The third kappa shape index (κ3) is 6.34. The summed E-state index contributed by atoms with van der Waals surface area (Å²) in [6, 6.07) is 4.24. The summed E-state index contributed by atoms with van der Waals surface area (Å²) >= 11 is 6.16. The molecule has 9 heteroatoms. The number of likely N-dealkylation sites (N-methyl/N-ethyl adjacent to an activating group) is 1. The number of halogens is 1. The topological polar surface area (TPSA) is 79.0 Å². The average molecular weight is 418 g/mol. The largest absolute Gasteiger partial charge is 0.482 e. The molecule has 1 fully saturated rings. The molecule has 1 aromatic carbocycles. The molecular weight excluding hydrogens is 390 g/mol. The lowest BCUT2D eigenvalue weighted by molar-refractivity contribution is -0.135. The van der Waals surface area contributed by atoms with E-state index in [1.54, 1.807) is 4.90 Å². The van der Waals surface area contributed by atoms with Gasteiger partial charge in [0.2, 0.25) is 10.0 Å². The molecule has 1 N–H and O–H groups in total. The van der Waals surface area contributed by atoms with Crippen LogP contribution < -0.4 is 9.46 Å². The van der Waals surface area contributed by atoms with Gasteiger partial charge in [-0.1, -0.05) is 32.4 Å². The van der Waals surface area contributed by atoms with Gasteiger partial charge in [0.1, 0.15) is 5.75 Å². The fourth-order valence-electron chi connectivity index (χ4n) is 2.67. The predicted octanol–water partition coefficient (Wildman–Crippen LogP) is 1.82. The van der Waals surface area contributed by atoms with Crippen LogP contribution in [0.4, 0.5) is 0 Å². The van der Waals surface area contributed by atoms with Gasteiger partial charge in [-0.3, -0.25) is 4.79 Å². The van der Waals surface area contributed by atoms with Gasteiger partial charge >= 0.3 is 0 Å². The molecule has 1 amide bonds. The van der Waals surface area contributed by atoms with E-state index in [9.17, 15) is 13.2 Å². The van der Waals surface area contributed by atoms with Crippen molar-refractivity contribution < 1.29 is 17.9 Å². The first-order valence-electron chi connectivity index (χ1n) is 9.15. The van der Waals surface area contributed by atoms with E-state index >= 15 is 0 Å². The Bertz CT molecular complexity index is 747. The van der Waals surface area contributed by atoms with Crippen LogP contribution in [-0.4, -0.2) is 70.0 Å². The molecule has 1 aliphatic rings. The number of hydrogen-bond donors (Lipinski definition) is 1. The van der Waals surface area contributed by atoms with Gasteiger partial charge in [0.25, 0.3) is 5.91 Å². The van der Waals surface area contributed by atoms with Gasteiger partial charge in [0, 0.05) is 32.7 Å². The van der Waals surface area contributed by atoms with Crippen LogP contribution in [0.1, 0.15) is 20.8 Å². The van der Waals surface area contributed by atoms with E-state index in [1.165, 1.54) is 18.2 Å². The van der Waals surface area contributed by atoms with Crippen molar-refractivity contribution in [2.24, 2.45) is 5.92 Å². The van der Waals surface area contributed by atoms with Crippen molar-refractivity contribution in [3.05, 3.63) is 23.2 Å². The minimum absolute atomic E-state index is 0.0718. The molecule has 27 heavy (non-hydrogen) atoms. The second kappa shape index (κ2) is 9.73. The Morgan fingerprint density at radius 2 is 1.93 bits per heavy atom. The third-order valence-electron chi connectivity index (χ3n) is 4.42. The van der Waals surface area contributed by atoms with Crippen LogP contribution in [0.2, 0.25) is 5.02 Å². The van der Waals surface area contributed by atoms with E-state index in [1.807, 2.05) is 13.8 Å². The fourth-order valence-corrected chi connectivity index (χ4v) is 4.21. The smallest absolute Gasteiger partial charge is 0.260 e. The first-order chi connectivity index (χ1) is 12.7. The maximum Gasteiger partial charge on any atom is 0.260 e. The number of piperazine rings is 1. The SMILES string of the molecule is CCN1CCN(C(=O)COc2ccc(S(=O)(=O)NCC(C)C)cc2Cl)CC1. The van der Waals surface area contributed by atoms with Crippen molar-refractivity contribution in [3.63, 3.8) is 0 Å². The van der Waals surface area contributed by atoms with Crippen LogP contribution in [0.3, 0.4) is 0 Å². The maximum atomic E-state index is 12.3. The van der Waals surface area contributed by atoms with Crippen molar-refractivity contribution in [3.8, 4) is 5.75 Å². The summed E-state index contributed by atoms with van der Waals surface area (Å²) in [6.07, 6.45) is 0. The lowest BCUT2D eigenvalue weighted by Crippen LogP contribution is -2.49. The second-order valence-electron chi connectivity index (χ2n) is 6.94. The first-order valence-corrected chi connectivity index (χ1v) is 11.0. The molecule has 0 aliphatic carbocycles. The quantitative estimate of drug-likeness (QED) is 0.697. The molecular formula is C18H28ClN3O4S. The van der Waals surface area contributed by atoms with Crippen molar-refractivity contribution in [1.82, 2.24) is 14.5 Å². The van der Waals surface area contributed by atoms with E-state index in [-0.39, 0.29) is 28.4 Å². The summed E-state index contributed by atoms with van der Waals surface area (Å²) in [5.41, 5.74) is 0. The Morgan fingerprint density at radius 1 is 1.26 bits per heavy atom. The van der Waals surface area contributed by atoms with E-state index in [0.29, 0.717) is 25.4 Å². The van der Waals surface area contributed by atoms with Gasteiger partial charge in [-0.05, 0) is 30.7 Å². The van der Waals surface area contributed by atoms with Gasteiger partial charge in [-0.15, -0.1) is 0 Å². The normalized spacial score (nSPS) is 16.0. The molecule has 1 heterocycles. The van der Waals surface area contributed by atoms with Gasteiger partial charge in [0.15, 0.2) is 6.61 Å². The molecule has 0 radical (unpaired) electrons. The van der Waals surface area contributed by atoms with Gasteiger partial charge < -0.3 is 14.5 Å². The number of hydrogen-bond acceptors (Lipinski definition) is 5. The number of amides is 1. The van der Waals surface area contributed by atoms with Crippen molar-refractivity contribution in [2.75, 3.05) is 45.9 Å². The Morgan fingerprint density at radius 3 is 2.48 bits per heavy atom. The van der Waals surface area contributed by atoms with E-state index in [4.69, 9.17) is 16.3 Å². The predicted molar refractivity (Wildman–Crippen MR) is 106 cm³/mol. The van der Waals surface area contributed by atoms with Crippen LogP contribution in [-0.2, 0) is 14.8 Å². The molecule has 1 saturated heterocycles. The molecule has 7 nitrogen and oxygen atoms in total. The zero-order chi connectivity index (χ0) is 20.0. The molecule has 0 atom stereocenters. The van der Waals surface area contributed by atoms with Crippen LogP contribution in [0.25, 0.3) is 0 Å². The molecule has 0 saturated carbocycles. The summed E-state index contributed by atoms with van der Waals surface area (Å²) < 4.78 is 32.5. The molecule has 0 bridgehead atoms. The van der Waals surface area contributed by atoms with Gasteiger partial charge in [-0.25, -0.2) is 13.1 Å². The Balaban J connectivity index is 1.93. The summed E-state index contributed by atoms with van der Waals surface area (Å²) in [6.45, 7) is 10.2. The molecule has 0 spiro atoms. The van der Waals surface area contributed by atoms with E-state index in [0.717, 1.165) is 19.6 Å². The second-order valence-corrected chi connectivity index (χ2v) is 9.12. The summed E-state index contributed by atoms with van der Waals surface area (Å²) in [5.74, 6) is 0.389. The van der Waals surface area contributed by atoms with Crippen LogP contribution in [0.5, 0.6) is 5.75 Å². The number of nitrogens with one attached hydrogen (secondary N) is 1. The van der Waals surface area contributed by atoms with Gasteiger partial charge in [-0.2, -0.15) is 0 Å². The standard InChI is InChI=1S/C18H28ClN3O4S/c1-4-21-7-9-22(10-8-21)18(23)13-26-17-6-5-15(11-16(17)19)27(24,25)20-12-14(2)3/h5-6,11,14,20H,4,7-10,12-13H2,1-3H3. The molecule has 1 aliphatic heterocycles. The zero-order valence-corrected chi connectivity index (χ0v) is 17.6. The van der Waals surface area contributed by atoms with Crippen LogP contribution in [0, 0.1) is 5.92 Å². The minimum atomic E-state index is -3.62. The highest BCUT2D eigenvalue weighted by Crippen LogP contribution is 2.27. The molecule has 2 rings (SSSR count). The number of ether oxygens (including phenoxy) is 1. The zero-order valence-electron chi connectivity index (χ0n) is 16.1. The number of benzene rings is 1. The maximum absolute atomic E-state index is 12.3. The Labute approximate surface area is 166 Å². The minimum Gasteiger partial charge on any atom is -0.482 e. The average Bonchev–Trinajstić information content (AvgIpc) is 2.65. The highest BCUT2D eigenvalue weighted by atomic mass is 35.5. The summed E-state index contributed by atoms with van der Waals surface area (Å²) in [4.78, 5) is 16.4. The van der Waals surface area contributed by atoms with Crippen LogP contribution >= 0.6 is 11.6 Å². The van der Waals surface area contributed by atoms with Crippen LogP contribution in [0.15, 0.2) is 23.1 Å². The lowest BCUT2D eigenvalue weighted by atomic mass is 10.2. The number of nitrogens with zero attached hydrogens (tertiary/aromatic N) is 2.